The molecule has 0 saturated carbocycles. The van der Waals surface area contributed by atoms with E-state index in [-0.39, 0.29) is 6.09 Å². The fourth-order valence-electron chi connectivity index (χ4n) is 1.29. The molecule has 80 valence electrons. The summed E-state index contributed by atoms with van der Waals surface area (Å²) in [6.07, 6.45) is -0.252. The van der Waals surface area contributed by atoms with Crippen molar-refractivity contribution in [2.75, 3.05) is 33.2 Å². The lowest BCUT2D eigenvalue weighted by Gasteiger charge is -2.32. The Morgan fingerprint density at radius 1 is 1.29 bits per heavy atom. The minimum Gasteiger partial charge on any atom is -0.403 e. The first-order valence-corrected chi connectivity index (χ1v) is 4.90. The van der Waals surface area contributed by atoms with Gasteiger partial charge in [0.05, 0.1) is 0 Å². The predicted octanol–water partition coefficient (Wildman–Crippen LogP) is 0.983. The largest absolute Gasteiger partial charge is 0.413 e. The van der Waals surface area contributed by atoms with Gasteiger partial charge in [-0.3, -0.25) is 0 Å². The van der Waals surface area contributed by atoms with Crippen LogP contribution >= 0.6 is 0 Å². The molecule has 1 aliphatic rings. The zero-order chi connectivity index (χ0) is 10.8. The number of nitrogens with zero attached hydrogens (tertiary/aromatic N) is 2. The Bertz CT molecular complexity index is 203. The molecule has 4 heteroatoms. The van der Waals surface area contributed by atoms with Crippen LogP contribution in [0.25, 0.3) is 0 Å². The van der Waals surface area contributed by atoms with Gasteiger partial charge in [-0.15, -0.1) is 0 Å². The smallest absolute Gasteiger partial charge is 0.403 e. The summed E-state index contributed by atoms with van der Waals surface area (Å²) in [6, 6.07) is 0. The third-order valence-corrected chi connectivity index (χ3v) is 2.13. The monoisotopic (exact) mass is 199 g/mol. The number of carbonyl (C=O) groups excluding carboxylic acids is 1. The van der Waals surface area contributed by atoms with E-state index in [9.17, 15) is 4.79 Å². The van der Waals surface area contributed by atoms with Gasteiger partial charge in [-0.05, 0) is 7.05 Å². The first kappa shape index (κ1) is 11.2. The molecule has 1 heterocycles. The van der Waals surface area contributed by atoms with E-state index in [1.165, 1.54) is 0 Å². The van der Waals surface area contributed by atoms with E-state index >= 15 is 0 Å². The predicted molar refractivity (Wildman–Crippen MR) is 55.0 cm³/mol. The van der Waals surface area contributed by atoms with E-state index in [1.807, 2.05) is 7.05 Å². The van der Waals surface area contributed by atoms with E-state index < -0.39 is 5.60 Å². The van der Waals surface area contributed by atoms with Gasteiger partial charge in [0.2, 0.25) is 5.60 Å². The molecule has 1 fully saturated rings. The molecule has 0 aromatic rings. The van der Waals surface area contributed by atoms with Crippen LogP contribution in [-0.4, -0.2) is 54.7 Å². The minimum absolute atomic E-state index is 0.252. The van der Waals surface area contributed by atoms with Crippen molar-refractivity contribution in [1.82, 2.24) is 9.80 Å². The van der Waals surface area contributed by atoms with Crippen molar-refractivity contribution in [3.63, 3.8) is 0 Å². The average Bonchev–Trinajstić information content (AvgIpc) is 2.02. The lowest BCUT2D eigenvalue weighted by atomic mass is 10.2. The Balaban J connectivity index is 2.38. The van der Waals surface area contributed by atoms with Crippen LogP contribution in [0.15, 0.2) is 0 Å². The molecule has 0 radical (unpaired) electrons. The van der Waals surface area contributed by atoms with Crippen LogP contribution < -0.4 is 0 Å². The number of ether oxygens (including phenoxy) is 1. The summed E-state index contributed by atoms with van der Waals surface area (Å²) in [5.41, 5.74) is -0.638. The van der Waals surface area contributed by atoms with Crippen LogP contribution in [0.3, 0.4) is 0 Å². The molecular weight excluding hydrogens is 180 g/mol. The van der Waals surface area contributed by atoms with Gasteiger partial charge < -0.3 is 14.5 Å². The maximum Gasteiger partial charge on any atom is 0.413 e. The molecule has 1 saturated heterocycles. The van der Waals surface area contributed by atoms with Crippen LogP contribution in [0.5, 0.6) is 0 Å². The Morgan fingerprint density at radius 3 is 2.21 bits per heavy atom. The maximum absolute atomic E-state index is 11.6. The van der Waals surface area contributed by atoms with E-state index in [4.69, 9.17) is 4.74 Å². The molecule has 1 rings (SSSR count). The second-order valence-corrected chi connectivity index (χ2v) is 4.42. The Kier molecular flexibility index (Phi) is 3.26. The maximum atomic E-state index is 11.6. The summed E-state index contributed by atoms with van der Waals surface area (Å²) >= 11 is 0. The second-order valence-electron chi connectivity index (χ2n) is 4.42. The fourth-order valence-corrected chi connectivity index (χ4v) is 1.29. The summed E-state index contributed by atoms with van der Waals surface area (Å²) in [5, 5.41) is 0. The summed E-state index contributed by atoms with van der Waals surface area (Å²) < 4.78 is 5.17. The van der Waals surface area contributed by atoms with Crippen molar-refractivity contribution in [3.05, 3.63) is 6.92 Å². The van der Waals surface area contributed by atoms with Crippen LogP contribution in [0.4, 0.5) is 4.79 Å². The molecule has 0 N–H and O–H groups in total. The minimum atomic E-state index is -0.638. The lowest BCUT2D eigenvalue weighted by Crippen LogP contribution is -2.48. The van der Waals surface area contributed by atoms with E-state index in [1.54, 1.807) is 18.7 Å². The van der Waals surface area contributed by atoms with E-state index in [0.29, 0.717) is 0 Å². The van der Waals surface area contributed by atoms with Crippen molar-refractivity contribution in [3.8, 4) is 0 Å². The van der Waals surface area contributed by atoms with E-state index in [0.717, 1.165) is 26.2 Å². The van der Waals surface area contributed by atoms with Crippen LogP contribution in [0, 0.1) is 6.92 Å². The molecular formula is C10H19N2O2+. The lowest BCUT2D eigenvalue weighted by molar-refractivity contribution is 0.0294. The number of piperazine rings is 1. The highest BCUT2D eigenvalue weighted by atomic mass is 16.6. The van der Waals surface area contributed by atoms with Gasteiger partial charge in [0.1, 0.15) is 6.92 Å². The number of rotatable bonds is 1. The van der Waals surface area contributed by atoms with Crippen LogP contribution in [0.2, 0.25) is 0 Å². The van der Waals surface area contributed by atoms with E-state index in [2.05, 4.69) is 11.8 Å². The quantitative estimate of drug-likeness (QED) is 0.590. The van der Waals surface area contributed by atoms with Crippen molar-refractivity contribution < 1.29 is 9.53 Å². The van der Waals surface area contributed by atoms with Crippen LogP contribution in [-0.2, 0) is 4.74 Å². The van der Waals surface area contributed by atoms with Gasteiger partial charge in [0.15, 0.2) is 0 Å². The molecule has 0 aliphatic carbocycles. The molecule has 1 amide bonds. The molecule has 0 unspecified atom stereocenters. The second kappa shape index (κ2) is 4.09. The van der Waals surface area contributed by atoms with Gasteiger partial charge in [0, 0.05) is 40.0 Å². The molecule has 0 aromatic heterocycles. The summed E-state index contributed by atoms with van der Waals surface area (Å²) in [7, 11) is 2.05. The van der Waals surface area contributed by atoms with Gasteiger partial charge in [-0.25, -0.2) is 4.79 Å². The number of hydrogen-bond donors (Lipinski definition) is 0. The third-order valence-electron chi connectivity index (χ3n) is 2.13. The molecule has 0 atom stereocenters. The van der Waals surface area contributed by atoms with Gasteiger partial charge in [0.25, 0.3) is 0 Å². The van der Waals surface area contributed by atoms with Crippen molar-refractivity contribution in [2.24, 2.45) is 0 Å². The standard InChI is InChI=1S/C10H19N2O2/c1-10(2,3)14-9(13)12-7-5-11(4)6-8-12/h1,5-8H2,2-4H3/q+1. The Labute approximate surface area is 85.8 Å². The zero-order valence-corrected chi connectivity index (χ0v) is 9.25. The number of carbonyl (C=O) groups is 1. The molecule has 0 bridgehead atoms. The fraction of sp³-hybridized carbons (Fsp3) is 0.800. The topological polar surface area (TPSA) is 32.8 Å². The van der Waals surface area contributed by atoms with Crippen LogP contribution in [0.1, 0.15) is 13.8 Å². The first-order chi connectivity index (χ1) is 6.38. The summed E-state index contributed by atoms with van der Waals surface area (Å²) in [6.45, 7) is 10.6. The van der Waals surface area contributed by atoms with Crippen molar-refractivity contribution >= 4 is 6.09 Å². The highest BCUT2D eigenvalue weighted by Gasteiger charge is 2.28. The summed E-state index contributed by atoms with van der Waals surface area (Å²) in [4.78, 5) is 15.5. The van der Waals surface area contributed by atoms with Gasteiger partial charge in [-0.2, -0.15) is 0 Å². The number of hydrogen-bond acceptors (Lipinski definition) is 3. The normalized spacial score (nSPS) is 19.5. The Morgan fingerprint density at radius 2 is 1.79 bits per heavy atom. The first-order valence-electron chi connectivity index (χ1n) is 4.90. The third kappa shape index (κ3) is 3.46. The average molecular weight is 199 g/mol. The summed E-state index contributed by atoms with van der Waals surface area (Å²) in [5.74, 6) is 0. The highest BCUT2D eigenvalue weighted by molar-refractivity contribution is 5.68. The molecule has 0 spiro atoms. The number of likely N-dealkylation sites (N-methyl/N-ethyl adjacent to an activating group) is 1. The Hall–Kier alpha value is -0.900. The zero-order valence-electron chi connectivity index (χ0n) is 9.25. The molecule has 0 aromatic carbocycles. The number of amides is 1. The molecule has 1 aliphatic heterocycles. The SMILES string of the molecule is [CH2+]C(C)(C)OC(=O)N1CCN(C)CC1. The highest BCUT2D eigenvalue weighted by Crippen LogP contribution is 2.10. The van der Waals surface area contributed by atoms with Gasteiger partial charge >= 0.3 is 6.09 Å². The molecule has 14 heavy (non-hydrogen) atoms. The molecule has 4 nitrogen and oxygen atoms in total. The van der Waals surface area contributed by atoms with Crippen molar-refractivity contribution in [2.45, 2.75) is 19.4 Å². The van der Waals surface area contributed by atoms with Gasteiger partial charge in [-0.1, -0.05) is 0 Å². The van der Waals surface area contributed by atoms with Crippen molar-refractivity contribution in [1.29, 1.82) is 0 Å².